The first-order chi connectivity index (χ1) is 3.39. The van der Waals surface area contributed by atoms with Crippen LogP contribution in [0, 0.1) is 0 Å². The summed E-state index contributed by atoms with van der Waals surface area (Å²) in [6, 6.07) is 0. The molecule has 1 rings (SSSR count). The van der Waals surface area contributed by atoms with Gasteiger partial charge in [-0.25, -0.2) is 4.79 Å². The second-order valence-electron chi connectivity index (χ2n) is 1.42. The third-order valence-electron chi connectivity index (χ3n) is 0.824. The van der Waals surface area contributed by atoms with Crippen molar-refractivity contribution in [2.75, 3.05) is 13.2 Å². The largest absolute Gasteiger partial charge is 0.449 e. The standard InChI is InChI=1S/C4H7NO2.2H2O/c6-4-5-2-1-3-7-4;;/h1-3H2,(H,5,6);2*1H2. The number of hydrogen-bond acceptors (Lipinski definition) is 2. The van der Waals surface area contributed by atoms with Gasteiger partial charge in [0.05, 0.1) is 6.61 Å². The molecule has 5 N–H and O–H groups in total. The number of nitrogens with one attached hydrogen (secondary N) is 1. The average Bonchev–Trinajstić information content (AvgIpc) is 1.69. The molecule has 0 aromatic rings. The Balaban J connectivity index is 0. The van der Waals surface area contributed by atoms with Crippen LogP contribution in [-0.2, 0) is 4.74 Å². The second-order valence-corrected chi connectivity index (χ2v) is 1.42. The third kappa shape index (κ3) is 3.75. The van der Waals surface area contributed by atoms with Crippen LogP contribution in [0.3, 0.4) is 0 Å². The van der Waals surface area contributed by atoms with Crippen molar-refractivity contribution < 1.29 is 20.5 Å². The quantitative estimate of drug-likeness (QED) is 0.437. The van der Waals surface area contributed by atoms with Crippen LogP contribution in [0.1, 0.15) is 6.42 Å². The maximum Gasteiger partial charge on any atom is 0.407 e. The highest BCUT2D eigenvalue weighted by Crippen LogP contribution is 1.88. The molecule has 0 saturated carbocycles. The highest BCUT2D eigenvalue weighted by atomic mass is 16.5. The molecule has 56 valence electrons. The van der Waals surface area contributed by atoms with E-state index in [1.54, 1.807) is 0 Å². The molecule has 0 aromatic heterocycles. The number of carbonyl (C=O) groups excluding carboxylic acids is 1. The lowest BCUT2D eigenvalue weighted by molar-refractivity contribution is 0.129. The lowest BCUT2D eigenvalue weighted by Crippen LogP contribution is -2.31. The predicted octanol–water partition coefficient (Wildman–Crippen LogP) is -1.53. The summed E-state index contributed by atoms with van der Waals surface area (Å²) in [6.45, 7) is 1.34. The Labute approximate surface area is 52.6 Å². The number of hydrogen-bond donors (Lipinski definition) is 1. The molecule has 5 heteroatoms. The fraction of sp³-hybridized carbons (Fsp3) is 0.750. The van der Waals surface area contributed by atoms with E-state index in [1.165, 1.54) is 0 Å². The molecule has 0 radical (unpaired) electrons. The smallest absolute Gasteiger partial charge is 0.407 e. The summed E-state index contributed by atoms with van der Waals surface area (Å²) in [5.74, 6) is 0. The average molecular weight is 137 g/mol. The maximum atomic E-state index is 10.1. The van der Waals surface area contributed by atoms with Crippen molar-refractivity contribution in [3.05, 3.63) is 0 Å². The minimum Gasteiger partial charge on any atom is -0.449 e. The molecule has 0 atom stereocenters. The van der Waals surface area contributed by atoms with Crippen LogP contribution in [0.4, 0.5) is 4.79 Å². The zero-order valence-electron chi connectivity index (χ0n) is 4.94. The molecule has 1 heterocycles. The van der Waals surface area contributed by atoms with E-state index in [1.807, 2.05) is 0 Å². The van der Waals surface area contributed by atoms with Crippen molar-refractivity contribution >= 4 is 6.09 Å². The Morgan fingerprint density at radius 1 is 1.44 bits per heavy atom. The van der Waals surface area contributed by atoms with Crippen LogP contribution in [-0.4, -0.2) is 30.2 Å². The van der Waals surface area contributed by atoms with Crippen molar-refractivity contribution in [2.45, 2.75) is 6.42 Å². The first-order valence-corrected chi connectivity index (χ1v) is 2.30. The summed E-state index contributed by atoms with van der Waals surface area (Å²) in [5.41, 5.74) is 0. The Bertz CT molecular complexity index is 76.6. The van der Waals surface area contributed by atoms with Gasteiger partial charge in [0.2, 0.25) is 0 Å². The van der Waals surface area contributed by atoms with Gasteiger partial charge in [0.25, 0.3) is 0 Å². The predicted molar refractivity (Wildman–Crippen MR) is 31.2 cm³/mol. The summed E-state index contributed by atoms with van der Waals surface area (Å²) in [7, 11) is 0. The van der Waals surface area contributed by atoms with E-state index in [2.05, 4.69) is 10.1 Å². The molecule has 0 aromatic carbocycles. The number of rotatable bonds is 0. The summed E-state index contributed by atoms with van der Waals surface area (Å²) >= 11 is 0. The summed E-state index contributed by atoms with van der Waals surface area (Å²) in [4.78, 5) is 10.1. The van der Waals surface area contributed by atoms with E-state index in [0.717, 1.165) is 13.0 Å². The number of alkyl carbamates (subject to hydrolysis) is 1. The van der Waals surface area contributed by atoms with Crippen LogP contribution in [0.15, 0.2) is 0 Å². The second kappa shape index (κ2) is 5.33. The number of cyclic esters (lactones) is 1. The summed E-state index contributed by atoms with van der Waals surface area (Å²) in [6.07, 6.45) is 0.650. The zero-order valence-corrected chi connectivity index (χ0v) is 4.94. The van der Waals surface area contributed by atoms with E-state index in [9.17, 15) is 4.79 Å². The minimum absolute atomic E-state index is 0. The summed E-state index contributed by atoms with van der Waals surface area (Å²) in [5, 5.41) is 2.52. The molecule has 1 aliphatic heterocycles. The Morgan fingerprint density at radius 2 is 2.11 bits per heavy atom. The van der Waals surface area contributed by atoms with Gasteiger partial charge >= 0.3 is 6.09 Å². The van der Waals surface area contributed by atoms with E-state index in [4.69, 9.17) is 0 Å². The van der Waals surface area contributed by atoms with Crippen molar-refractivity contribution in [3.8, 4) is 0 Å². The molecule has 0 unspecified atom stereocenters. The Kier molecular flexibility index (Phi) is 6.54. The Morgan fingerprint density at radius 3 is 2.33 bits per heavy atom. The molecule has 1 saturated heterocycles. The highest BCUT2D eigenvalue weighted by Gasteiger charge is 2.04. The monoisotopic (exact) mass is 137 g/mol. The van der Waals surface area contributed by atoms with Gasteiger partial charge in [0.1, 0.15) is 0 Å². The number of carbonyl (C=O) groups is 1. The van der Waals surface area contributed by atoms with Crippen molar-refractivity contribution in [2.24, 2.45) is 0 Å². The molecule has 0 bridgehead atoms. The van der Waals surface area contributed by atoms with Crippen LogP contribution in [0.2, 0.25) is 0 Å². The first-order valence-electron chi connectivity index (χ1n) is 2.30. The first kappa shape index (κ1) is 11.0. The molecule has 1 amide bonds. The molecular formula is C4H11NO4. The highest BCUT2D eigenvalue weighted by molar-refractivity contribution is 5.67. The Hall–Kier alpha value is -0.810. The van der Waals surface area contributed by atoms with E-state index >= 15 is 0 Å². The molecule has 0 spiro atoms. The van der Waals surface area contributed by atoms with Gasteiger partial charge in [0.15, 0.2) is 0 Å². The molecule has 1 fully saturated rings. The number of amides is 1. The van der Waals surface area contributed by atoms with Gasteiger partial charge < -0.3 is 21.0 Å². The van der Waals surface area contributed by atoms with Gasteiger partial charge in [-0.15, -0.1) is 0 Å². The summed E-state index contributed by atoms with van der Waals surface area (Å²) < 4.78 is 4.53. The zero-order chi connectivity index (χ0) is 5.11. The fourth-order valence-corrected chi connectivity index (χ4v) is 0.479. The van der Waals surface area contributed by atoms with E-state index < -0.39 is 0 Å². The topological polar surface area (TPSA) is 101 Å². The third-order valence-corrected chi connectivity index (χ3v) is 0.824. The van der Waals surface area contributed by atoms with Gasteiger partial charge in [-0.2, -0.15) is 0 Å². The molecular weight excluding hydrogens is 126 g/mol. The van der Waals surface area contributed by atoms with Crippen LogP contribution in [0.25, 0.3) is 0 Å². The molecule has 5 nitrogen and oxygen atoms in total. The molecule has 9 heavy (non-hydrogen) atoms. The normalized spacial score (nSPS) is 15.8. The minimum atomic E-state index is -0.286. The molecule has 0 aliphatic carbocycles. The fourth-order valence-electron chi connectivity index (χ4n) is 0.479. The van der Waals surface area contributed by atoms with Crippen molar-refractivity contribution in [3.63, 3.8) is 0 Å². The number of ether oxygens (including phenoxy) is 1. The van der Waals surface area contributed by atoms with Gasteiger partial charge in [-0.05, 0) is 6.42 Å². The van der Waals surface area contributed by atoms with E-state index in [0.29, 0.717) is 6.61 Å². The van der Waals surface area contributed by atoms with Crippen LogP contribution in [0.5, 0.6) is 0 Å². The van der Waals surface area contributed by atoms with Gasteiger partial charge in [-0.1, -0.05) is 0 Å². The maximum absolute atomic E-state index is 10.1. The lowest BCUT2D eigenvalue weighted by Gasteiger charge is -2.10. The van der Waals surface area contributed by atoms with Gasteiger partial charge in [0, 0.05) is 6.54 Å². The van der Waals surface area contributed by atoms with Crippen LogP contribution >= 0.6 is 0 Å². The van der Waals surface area contributed by atoms with Crippen molar-refractivity contribution in [1.29, 1.82) is 0 Å². The van der Waals surface area contributed by atoms with E-state index in [-0.39, 0.29) is 17.0 Å². The molecule has 1 aliphatic rings. The van der Waals surface area contributed by atoms with Crippen LogP contribution < -0.4 is 5.32 Å². The van der Waals surface area contributed by atoms with Crippen molar-refractivity contribution in [1.82, 2.24) is 5.32 Å². The van der Waals surface area contributed by atoms with Gasteiger partial charge in [-0.3, -0.25) is 0 Å². The SMILES string of the molecule is O.O.O=C1NCCCO1. The lowest BCUT2D eigenvalue weighted by atomic mass is 10.4.